The summed E-state index contributed by atoms with van der Waals surface area (Å²) in [6.07, 6.45) is 0.598. The molecule has 0 saturated carbocycles. The molecule has 7 nitrogen and oxygen atoms in total. The number of carbonyl (C=O) groups is 4. The largest absolute Gasteiger partial charge is 0.466 e. The maximum Gasteiger partial charge on any atom is 0.306 e. The molecule has 0 saturated heterocycles. The van der Waals surface area contributed by atoms with Crippen LogP contribution >= 0.6 is 0 Å². The summed E-state index contributed by atoms with van der Waals surface area (Å²) in [5.74, 6) is -1.64. The first-order chi connectivity index (χ1) is 9.40. The summed E-state index contributed by atoms with van der Waals surface area (Å²) in [4.78, 5) is 45.0. The molecule has 0 unspecified atom stereocenters. The maximum atomic E-state index is 11.6. The van der Waals surface area contributed by atoms with Crippen molar-refractivity contribution in [3.05, 3.63) is 0 Å². The van der Waals surface area contributed by atoms with Gasteiger partial charge in [-0.05, 0) is 13.3 Å². The first-order valence-electron chi connectivity index (χ1n) is 6.66. The maximum absolute atomic E-state index is 11.6. The number of ketones is 1. The van der Waals surface area contributed by atoms with Gasteiger partial charge in [0.2, 0.25) is 11.8 Å². The highest BCUT2D eigenvalue weighted by Gasteiger charge is 2.19. The van der Waals surface area contributed by atoms with E-state index in [1.165, 1.54) is 0 Å². The zero-order valence-corrected chi connectivity index (χ0v) is 11.9. The number of primary amides is 1. The van der Waals surface area contributed by atoms with Gasteiger partial charge in [0.05, 0.1) is 13.0 Å². The Bertz CT molecular complexity index is 368. The molecule has 114 valence electrons. The third-order valence-corrected chi connectivity index (χ3v) is 2.65. The zero-order chi connectivity index (χ0) is 15.5. The number of Topliss-reactive ketones (excluding diaryl/α,β-unsaturated/α-hetero) is 1. The van der Waals surface area contributed by atoms with Gasteiger partial charge in [0.15, 0.2) is 0 Å². The van der Waals surface area contributed by atoms with Crippen LogP contribution in [0.5, 0.6) is 0 Å². The molecule has 1 atom stereocenters. The van der Waals surface area contributed by atoms with Gasteiger partial charge in [-0.15, -0.1) is 0 Å². The summed E-state index contributed by atoms with van der Waals surface area (Å²) >= 11 is 0. The lowest BCUT2D eigenvalue weighted by Gasteiger charge is -2.14. The number of nitrogens with one attached hydrogen (secondary N) is 1. The summed E-state index contributed by atoms with van der Waals surface area (Å²) < 4.78 is 4.68. The van der Waals surface area contributed by atoms with Crippen LogP contribution in [0.15, 0.2) is 0 Å². The van der Waals surface area contributed by atoms with Crippen LogP contribution in [0.1, 0.15) is 46.0 Å². The predicted octanol–water partition coefficient (Wildman–Crippen LogP) is 0.0591. The Balaban J connectivity index is 4.17. The number of esters is 1. The standard InChI is InChI=1S/C13H22N2O5/c1-3-9(16)5-6-10(13(14)19)15-11(17)7-8-12(18)20-4-2/h10H,3-8H2,1-2H3,(H2,14,19)(H,15,17)/t10-/m0/s1. The lowest BCUT2D eigenvalue weighted by molar-refractivity contribution is -0.144. The van der Waals surface area contributed by atoms with Gasteiger partial charge in [-0.1, -0.05) is 6.92 Å². The first kappa shape index (κ1) is 18.1. The van der Waals surface area contributed by atoms with Crippen molar-refractivity contribution < 1.29 is 23.9 Å². The van der Waals surface area contributed by atoms with E-state index in [0.717, 1.165) is 0 Å². The second kappa shape index (κ2) is 9.94. The third kappa shape index (κ3) is 8.23. The summed E-state index contributed by atoms with van der Waals surface area (Å²) in [5, 5.41) is 2.42. The molecule has 20 heavy (non-hydrogen) atoms. The second-order valence-electron chi connectivity index (χ2n) is 4.26. The molecule has 0 aromatic rings. The Morgan fingerprint density at radius 2 is 1.75 bits per heavy atom. The Kier molecular flexibility index (Phi) is 8.98. The van der Waals surface area contributed by atoms with Crippen LogP contribution in [0.25, 0.3) is 0 Å². The van der Waals surface area contributed by atoms with Gasteiger partial charge in [-0.2, -0.15) is 0 Å². The first-order valence-corrected chi connectivity index (χ1v) is 6.66. The van der Waals surface area contributed by atoms with Crippen LogP contribution < -0.4 is 11.1 Å². The average molecular weight is 286 g/mol. The van der Waals surface area contributed by atoms with Gasteiger partial charge in [0, 0.05) is 19.3 Å². The fourth-order valence-corrected chi connectivity index (χ4v) is 1.48. The van der Waals surface area contributed by atoms with E-state index in [2.05, 4.69) is 10.1 Å². The number of amides is 2. The molecule has 0 bridgehead atoms. The quantitative estimate of drug-likeness (QED) is 0.551. The highest BCUT2D eigenvalue weighted by Crippen LogP contribution is 2.02. The normalized spacial score (nSPS) is 11.5. The Labute approximate surface area is 118 Å². The van der Waals surface area contributed by atoms with Crippen molar-refractivity contribution in [2.75, 3.05) is 6.61 Å². The highest BCUT2D eigenvalue weighted by atomic mass is 16.5. The second-order valence-corrected chi connectivity index (χ2v) is 4.26. The minimum atomic E-state index is -0.889. The van der Waals surface area contributed by atoms with Gasteiger partial charge in [0.25, 0.3) is 0 Å². The lowest BCUT2D eigenvalue weighted by Crippen LogP contribution is -2.44. The van der Waals surface area contributed by atoms with Crippen molar-refractivity contribution in [1.29, 1.82) is 0 Å². The molecular weight excluding hydrogens is 264 g/mol. The molecule has 2 amide bonds. The smallest absolute Gasteiger partial charge is 0.306 e. The molecule has 3 N–H and O–H groups in total. The van der Waals surface area contributed by atoms with Crippen molar-refractivity contribution in [2.45, 2.75) is 52.0 Å². The number of ether oxygens (including phenoxy) is 1. The minimum Gasteiger partial charge on any atom is -0.466 e. The zero-order valence-electron chi connectivity index (χ0n) is 11.9. The third-order valence-electron chi connectivity index (χ3n) is 2.65. The highest BCUT2D eigenvalue weighted by molar-refractivity contribution is 5.88. The Hall–Kier alpha value is -1.92. The van der Waals surface area contributed by atoms with Crippen LogP contribution in [-0.4, -0.2) is 36.2 Å². The molecule has 0 aromatic carbocycles. The molecule has 0 fully saturated rings. The topological polar surface area (TPSA) is 116 Å². The molecule has 0 rings (SSSR count). The fraction of sp³-hybridized carbons (Fsp3) is 0.692. The van der Waals surface area contributed by atoms with Crippen LogP contribution in [0.2, 0.25) is 0 Å². The van der Waals surface area contributed by atoms with Crippen LogP contribution in [0.3, 0.4) is 0 Å². The van der Waals surface area contributed by atoms with Gasteiger partial charge in [-0.3, -0.25) is 19.2 Å². The average Bonchev–Trinajstić information content (AvgIpc) is 2.40. The molecule has 0 aliphatic rings. The Morgan fingerprint density at radius 1 is 1.10 bits per heavy atom. The van der Waals surface area contributed by atoms with E-state index in [1.807, 2.05) is 0 Å². The molecule has 0 aliphatic heterocycles. The van der Waals surface area contributed by atoms with Crippen molar-refractivity contribution in [1.82, 2.24) is 5.32 Å². The lowest BCUT2D eigenvalue weighted by atomic mass is 10.1. The molecular formula is C13H22N2O5. The summed E-state index contributed by atoms with van der Waals surface area (Å²) in [7, 11) is 0. The molecule has 0 radical (unpaired) electrons. The molecule has 7 heteroatoms. The van der Waals surface area contributed by atoms with Gasteiger partial charge in [-0.25, -0.2) is 0 Å². The molecule has 0 heterocycles. The molecule has 0 spiro atoms. The number of hydrogen-bond acceptors (Lipinski definition) is 5. The van der Waals surface area contributed by atoms with E-state index in [4.69, 9.17) is 5.73 Å². The van der Waals surface area contributed by atoms with Crippen molar-refractivity contribution in [2.24, 2.45) is 5.73 Å². The van der Waals surface area contributed by atoms with Gasteiger partial charge >= 0.3 is 5.97 Å². The SMILES string of the molecule is CCOC(=O)CCC(=O)N[C@@H](CCC(=O)CC)C(N)=O. The van der Waals surface area contributed by atoms with Gasteiger partial charge < -0.3 is 15.8 Å². The van der Waals surface area contributed by atoms with E-state index >= 15 is 0 Å². The summed E-state index contributed by atoms with van der Waals surface area (Å²) in [6.45, 7) is 3.65. The van der Waals surface area contributed by atoms with Gasteiger partial charge in [0.1, 0.15) is 11.8 Å². The van der Waals surface area contributed by atoms with E-state index in [0.29, 0.717) is 6.42 Å². The summed E-state index contributed by atoms with van der Waals surface area (Å²) in [5.41, 5.74) is 5.16. The van der Waals surface area contributed by atoms with E-state index in [-0.39, 0.29) is 38.1 Å². The van der Waals surface area contributed by atoms with Crippen molar-refractivity contribution in [3.63, 3.8) is 0 Å². The number of hydrogen-bond donors (Lipinski definition) is 2. The monoisotopic (exact) mass is 286 g/mol. The number of nitrogens with two attached hydrogens (primary N) is 1. The number of carbonyl (C=O) groups excluding carboxylic acids is 4. The molecule has 0 aromatic heterocycles. The summed E-state index contributed by atoms with van der Waals surface area (Å²) in [6, 6.07) is -0.889. The predicted molar refractivity (Wildman–Crippen MR) is 71.5 cm³/mol. The molecule has 0 aliphatic carbocycles. The van der Waals surface area contributed by atoms with Crippen LogP contribution in [0.4, 0.5) is 0 Å². The van der Waals surface area contributed by atoms with E-state index in [1.54, 1.807) is 13.8 Å². The number of rotatable bonds is 10. The van der Waals surface area contributed by atoms with Crippen molar-refractivity contribution in [3.8, 4) is 0 Å². The van der Waals surface area contributed by atoms with Crippen molar-refractivity contribution >= 4 is 23.6 Å². The van der Waals surface area contributed by atoms with Crippen LogP contribution in [-0.2, 0) is 23.9 Å². The van der Waals surface area contributed by atoms with E-state index in [9.17, 15) is 19.2 Å². The Morgan fingerprint density at radius 3 is 2.25 bits per heavy atom. The van der Waals surface area contributed by atoms with E-state index < -0.39 is 23.8 Å². The fourth-order valence-electron chi connectivity index (χ4n) is 1.48. The van der Waals surface area contributed by atoms with Crippen LogP contribution in [0, 0.1) is 0 Å². The minimum absolute atomic E-state index is 0.00276.